The lowest BCUT2D eigenvalue weighted by molar-refractivity contribution is 0.335. The number of ether oxygens (including phenoxy) is 1. The Morgan fingerprint density at radius 1 is 1.03 bits per heavy atom. The molecule has 9 nitrogen and oxygen atoms in total. The van der Waals surface area contributed by atoms with Gasteiger partial charge in [0.1, 0.15) is 23.1 Å². The zero-order chi connectivity index (χ0) is 26.1. The second-order valence-electron chi connectivity index (χ2n) is 8.79. The molecular weight excluding hydrogens is 478 g/mol. The molecule has 1 aliphatic carbocycles. The fourth-order valence-corrected chi connectivity index (χ4v) is 4.20. The molecule has 11 heteroatoms. The minimum absolute atomic E-state index is 0.0488. The van der Waals surface area contributed by atoms with Crippen molar-refractivity contribution in [3.8, 4) is 17.3 Å². The third kappa shape index (κ3) is 4.97. The van der Waals surface area contributed by atoms with Gasteiger partial charge in [0, 0.05) is 34.9 Å². The number of nitrogens with zero attached hydrogens (tertiary/aromatic N) is 6. The monoisotopic (exact) mass is 504 g/mol. The highest BCUT2D eigenvalue weighted by Gasteiger charge is 2.32. The fourth-order valence-electron chi connectivity index (χ4n) is 4.20. The van der Waals surface area contributed by atoms with Crippen LogP contribution in [0.1, 0.15) is 42.5 Å². The van der Waals surface area contributed by atoms with E-state index in [0.717, 1.165) is 24.1 Å². The molecule has 4 N–H and O–H groups in total. The maximum atomic E-state index is 14.8. The van der Waals surface area contributed by atoms with Gasteiger partial charge in [-0.2, -0.15) is 10.2 Å². The number of halogens is 2. The van der Waals surface area contributed by atoms with Crippen LogP contribution in [0.25, 0.3) is 11.5 Å². The van der Waals surface area contributed by atoms with Crippen molar-refractivity contribution in [2.45, 2.75) is 39.2 Å². The molecule has 1 saturated carbocycles. The van der Waals surface area contributed by atoms with E-state index in [-0.39, 0.29) is 46.9 Å². The number of nitrogens with two attached hydrogens (primary N) is 2. The van der Waals surface area contributed by atoms with Crippen molar-refractivity contribution in [1.82, 2.24) is 19.7 Å². The molecule has 1 fully saturated rings. The molecule has 2 aromatic heterocycles. The number of hydrogen-bond acceptors (Lipinski definition) is 8. The van der Waals surface area contributed by atoms with E-state index in [2.05, 4.69) is 25.3 Å². The first kappa shape index (κ1) is 24.3. The van der Waals surface area contributed by atoms with Crippen molar-refractivity contribution in [3.63, 3.8) is 0 Å². The van der Waals surface area contributed by atoms with Gasteiger partial charge < -0.3 is 16.2 Å². The van der Waals surface area contributed by atoms with Gasteiger partial charge in [-0.05, 0) is 38.8 Å². The molecule has 0 aliphatic heterocycles. The van der Waals surface area contributed by atoms with Gasteiger partial charge in [-0.3, -0.25) is 4.68 Å². The zero-order valence-corrected chi connectivity index (χ0v) is 20.4. The molecule has 0 bridgehead atoms. The lowest BCUT2D eigenvalue weighted by Gasteiger charge is -2.11. The smallest absolute Gasteiger partial charge is 0.184 e. The van der Waals surface area contributed by atoms with Gasteiger partial charge in [0.05, 0.1) is 18.8 Å². The van der Waals surface area contributed by atoms with Crippen molar-refractivity contribution >= 4 is 23.0 Å². The SMILES string of the molecule is CCOc1cc(F)c(Cn2nc(-c3nc(N)c(/N=N/c4ccccc4)c(N)n3)c(C)c2C2CC2)c(F)c1. The molecule has 37 heavy (non-hydrogen) atoms. The summed E-state index contributed by atoms with van der Waals surface area (Å²) in [5, 5.41) is 12.9. The van der Waals surface area contributed by atoms with Gasteiger partial charge in [-0.25, -0.2) is 18.7 Å². The molecule has 5 rings (SSSR count). The second kappa shape index (κ2) is 9.92. The molecule has 2 aromatic carbocycles. The number of nitrogen functional groups attached to an aromatic ring is 2. The van der Waals surface area contributed by atoms with Gasteiger partial charge in [0.25, 0.3) is 0 Å². The van der Waals surface area contributed by atoms with Crippen LogP contribution >= 0.6 is 0 Å². The maximum Gasteiger partial charge on any atom is 0.184 e. The summed E-state index contributed by atoms with van der Waals surface area (Å²) < 4.78 is 36.5. The highest BCUT2D eigenvalue weighted by molar-refractivity contribution is 5.74. The number of rotatable bonds is 8. The van der Waals surface area contributed by atoms with Crippen LogP contribution in [-0.4, -0.2) is 26.4 Å². The third-order valence-corrected chi connectivity index (χ3v) is 6.11. The summed E-state index contributed by atoms with van der Waals surface area (Å²) in [6.45, 7) is 3.85. The first-order valence-corrected chi connectivity index (χ1v) is 11.9. The number of benzene rings is 2. The van der Waals surface area contributed by atoms with E-state index in [9.17, 15) is 8.78 Å². The van der Waals surface area contributed by atoms with Crippen LogP contribution in [-0.2, 0) is 6.54 Å². The molecule has 0 radical (unpaired) electrons. The van der Waals surface area contributed by atoms with Crippen molar-refractivity contribution in [3.05, 3.63) is 70.9 Å². The van der Waals surface area contributed by atoms with E-state index in [4.69, 9.17) is 16.2 Å². The molecule has 190 valence electrons. The van der Waals surface area contributed by atoms with Crippen LogP contribution in [0.5, 0.6) is 5.75 Å². The molecule has 2 heterocycles. The molecule has 0 atom stereocenters. The Morgan fingerprint density at radius 3 is 2.27 bits per heavy atom. The number of aromatic nitrogens is 4. The van der Waals surface area contributed by atoms with E-state index in [1.54, 1.807) is 23.7 Å². The van der Waals surface area contributed by atoms with Gasteiger partial charge in [-0.15, -0.1) is 5.11 Å². The van der Waals surface area contributed by atoms with Gasteiger partial charge in [0.15, 0.2) is 23.1 Å². The first-order chi connectivity index (χ1) is 17.9. The summed E-state index contributed by atoms with van der Waals surface area (Å²) >= 11 is 0. The summed E-state index contributed by atoms with van der Waals surface area (Å²) in [4.78, 5) is 8.76. The molecular formula is C26H26F2N8O. The predicted octanol–water partition coefficient (Wildman–Crippen LogP) is 5.83. The van der Waals surface area contributed by atoms with E-state index in [0.29, 0.717) is 18.0 Å². The Balaban J connectivity index is 1.50. The van der Waals surface area contributed by atoms with Gasteiger partial charge >= 0.3 is 0 Å². The predicted molar refractivity (Wildman–Crippen MR) is 136 cm³/mol. The van der Waals surface area contributed by atoms with E-state index in [1.807, 2.05) is 25.1 Å². The van der Waals surface area contributed by atoms with Crippen molar-refractivity contribution in [2.24, 2.45) is 10.2 Å². The van der Waals surface area contributed by atoms with Crippen molar-refractivity contribution in [2.75, 3.05) is 18.1 Å². The highest BCUT2D eigenvalue weighted by Crippen LogP contribution is 2.44. The molecule has 0 amide bonds. The highest BCUT2D eigenvalue weighted by atomic mass is 19.1. The summed E-state index contributed by atoms with van der Waals surface area (Å²) in [5.74, 6) is -0.705. The largest absolute Gasteiger partial charge is 0.494 e. The van der Waals surface area contributed by atoms with Gasteiger partial charge in [0.2, 0.25) is 0 Å². The van der Waals surface area contributed by atoms with Crippen LogP contribution in [0.2, 0.25) is 0 Å². The van der Waals surface area contributed by atoms with E-state index >= 15 is 0 Å². The topological polar surface area (TPSA) is 130 Å². The maximum absolute atomic E-state index is 14.8. The quantitative estimate of drug-likeness (QED) is 0.290. The minimum Gasteiger partial charge on any atom is -0.494 e. The van der Waals surface area contributed by atoms with Crippen LogP contribution in [0.4, 0.5) is 31.8 Å². The summed E-state index contributed by atoms with van der Waals surface area (Å²) in [7, 11) is 0. The second-order valence-corrected chi connectivity index (χ2v) is 8.79. The van der Waals surface area contributed by atoms with E-state index in [1.165, 1.54) is 12.1 Å². The summed E-state index contributed by atoms with van der Waals surface area (Å²) in [6, 6.07) is 11.5. The minimum atomic E-state index is -0.697. The average Bonchev–Trinajstić information content (AvgIpc) is 3.64. The molecule has 1 aliphatic rings. The summed E-state index contributed by atoms with van der Waals surface area (Å²) in [6.07, 6.45) is 1.92. The van der Waals surface area contributed by atoms with Crippen LogP contribution in [0, 0.1) is 18.6 Å². The van der Waals surface area contributed by atoms with E-state index < -0.39 is 11.6 Å². The lowest BCUT2D eigenvalue weighted by Crippen LogP contribution is -2.10. The Morgan fingerprint density at radius 2 is 1.68 bits per heavy atom. The molecule has 4 aromatic rings. The Bertz CT molecular complexity index is 1440. The average molecular weight is 505 g/mol. The molecule has 0 saturated heterocycles. The van der Waals surface area contributed by atoms with Gasteiger partial charge in [-0.1, -0.05) is 18.2 Å². The van der Waals surface area contributed by atoms with Crippen LogP contribution in [0.3, 0.4) is 0 Å². The fraction of sp³-hybridized carbons (Fsp3) is 0.269. The third-order valence-electron chi connectivity index (χ3n) is 6.11. The molecule has 0 unspecified atom stereocenters. The lowest BCUT2D eigenvalue weighted by atomic mass is 10.1. The number of anilines is 2. The number of azo groups is 1. The Kier molecular flexibility index (Phi) is 6.51. The summed E-state index contributed by atoms with van der Waals surface area (Å²) in [5.41, 5.74) is 15.1. The zero-order valence-electron chi connectivity index (χ0n) is 20.4. The Hall–Kier alpha value is -4.41. The van der Waals surface area contributed by atoms with Crippen LogP contribution < -0.4 is 16.2 Å². The van der Waals surface area contributed by atoms with Crippen molar-refractivity contribution < 1.29 is 13.5 Å². The standard InChI is InChI=1S/C26H26F2N8O/c1-3-37-17-11-19(27)18(20(28)12-17)13-36-23(15-9-10-15)14(2)21(35-36)26-31-24(29)22(25(30)32-26)34-33-16-7-5-4-6-8-16/h4-8,11-12,15H,3,9-10,13H2,1-2H3,(H4,29,30,31,32)/b34-33+. The molecule has 0 spiro atoms. The normalized spacial score (nSPS) is 13.4. The number of hydrogen-bond donors (Lipinski definition) is 2. The Labute approximate surface area is 212 Å². The van der Waals surface area contributed by atoms with Crippen LogP contribution in [0.15, 0.2) is 52.7 Å². The first-order valence-electron chi connectivity index (χ1n) is 11.9. The van der Waals surface area contributed by atoms with Crippen molar-refractivity contribution in [1.29, 1.82) is 0 Å².